The SMILES string of the molecule is N#C/C(=C/N1CCN(c2ccccc2F)CC1)C(=O)Nc1ccc(C(=O)O)cc1. The summed E-state index contributed by atoms with van der Waals surface area (Å²) in [7, 11) is 0. The molecule has 8 heteroatoms. The fourth-order valence-electron chi connectivity index (χ4n) is 3.02. The Morgan fingerprint density at radius 2 is 1.72 bits per heavy atom. The topological polar surface area (TPSA) is 96.7 Å². The standard InChI is InChI=1S/C21H19FN4O3/c22-18-3-1-2-4-19(18)26-11-9-25(10-12-26)14-16(13-23)20(27)24-17-7-5-15(6-8-17)21(28)29/h1-8,14H,9-12H2,(H,24,27)(H,28,29)/b16-14-. The fourth-order valence-corrected chi connectivity index (χ4v) is 3.02. The minimum Gasteiger partial charge on any atom is -0.478 e. The molecule has 7 nitrogen and oxygen atoms in total. The van der Waals surface area contributed by atoms with Gasteiger partial charge < -0.3 is 20.2 Å². The number of piperazine rings is 1. The first kappa shape index (κ1) is 19.9. The summed E-state index contributed by atoms with van der Waals surface area (Å²) in [5.41, 5.74) is 0.975. The van der Waals surface area contributed by atoms with Crippen molar-refractivity contribution in [2.75, 3.05) is 36.4 Å². The molecule has 0 saturated carbocycles. The minimum absolute atomic E-state index is 0.0633. The molecule has 3 rings (SSSR count). The van der Waals surface area contributed by atoms with E-state index < -0.39 is 11.9 Å². The van der Waals surface area contributed by atoms with Crippen LogP contribution in [0.25, 0.3) is 0 Å². The molecule has 2 N–H and O–H groups in total. The van der Waals surface area contributed by atoms with Crippen molar-refractivity contribution in [2.45, 2.75) is 0 Å². The highest BCUT2D eigenvalue weighted by molar-refractivity contribution is 6.06. The van der Waals surface area contributed by atoms with Crippen LogP contribution >= 0.6 is 0 Å². The molecule has 1 aliphatic rings. The van der Waals surface area contributed by atoms with Gasteiger partial charge in [-0.25, -0.2) is 9.18 Å². The predicted molar refractivity (Wildman–Crippen MR) is 106 cm³/mol. The Hall–Kier alpha value is -3.86. The van der Waals surface area contributed by atoms with E-state index in [9.17, 15) is 19.2 Å². The number of amides is 1. The van der Waals surface area contributed by atoms with Gasteiger partial charge in [-0.05, 0) is 36.4 Å². The van der Waals surface area contributed by atoms with Crippen molar-refractivity contribution < 1.29 is 19.1 Å². The van der Waals surface area contributed by atoms with Crippen molar-refractivity contribution >= 4 is 23.3 Å². The molecule has 148 valence electrons. The third-order valence-electron chi connectivity index (χ3n) is 4.57. The Balaban J connectivity index is 1.61. The van der Waals surface area contributed by atoms with E-state index in [0.29, 0.717) is 37.6 Å². The zero-order valence-corrected chi connectivity index (χ0v) is 15.5. The van der Waals surface area contributed by atoms with Crippen LogP contribution in [0.15, 0.2) is 60.3 Å². The molecule has 0 aromatic heterocycles. The lowest BCUT2D eigenvalue weighted by Gasteiger charge is -2.35. The molecule has 2 aromatic rings. The first-order valence-electron chi connectivity index (χ1n) is 8.98. The van der Waals surface area contributed by atoms with E-state index in [1.807, 2.05) is 15.9 Å². The number of benzene rings is 2. The smallest absolute Gasteiger partial charge is 0.335 e. The number of para-hydroxylation sites is 1. The summed E-state index contributed by atoms with van der Waals surface area (Å²) in [5, 5.41) is 20.8. The molecule has 0 aliphatic carbocycles. The van der Waals surface area contributed by atoms with Crippen LogP contribution in [0.3, 0.4) is 0 Å². The van der Waals surface area contributed by atoms with Crippen LogP contribution in [0.5, 0.6) is 0 Å². The molecule has 0 atom stereocenters. The van der Waals surface area contributed by atoms with Crippen LogP contribution in [-0.2, 0) is 4.79 Å². The fraction of sp³-hybridized carbons (Fsp3) is 0.190. The molecule has 1 aliphatic heterocycles. The van der Waals surface area contributed by atoms with Crippen LogP contribution in [-0.4, -0.2) is 48.1 Å². The maximum atomic E-state index is 13.9. The number of nitrogens with zero attached hydrogens (tertiary/aromatic N) is 3. The van der Waals surface area contributed by atoms with Gasteiger partial charge in [0, 0.05) is 38.1 Å². The highest BCUT2D eigenvalue weighted by Gasteiger charge is 2.19. The van der Waals surface area contributed by atoms with E-state index in [1.54, 1.807) is 18.2 Å². The van der Waals surface area contributed by atoms with Crippen molar-refractivity contribution in [1.82, 2.24) is 4.90 Å². The number of rotatable bonds is 5. The summed E-state index contributed by atoms with van der Waals surface area (Å²) in [6.07, 6.45) is 1.50. The van der Waals surface area contributed by atoms with Crippen LogP contribution < -0.4 is 10.2 Å². The van der Waals surface area contributed by atoms with E-state index in [4.69, 9.17) is 5.11 Å². The van der Waals surface area contributed by atoms with Gasteiger partial charge in [-0.1, -0.05) is 12.1 Å². The second-order valence-corrected chi connectivity index (χ2v) is 6.47. The van der Waals surface area contributed by atoms with Gasteiger partial charge in [0.1, 0.15) is 17.5 Å². The van der Waals surface area contributed by atoms with Crippen LogP contribution in [0.4, 0.5) is 15.8 Å². The predicted octanol–water partition coefficient (Wildman–Crippen LogP) is 2.69. The van der Waals surface area contributed by atoms with Crippen molar-refractivity contribution in [2.24, 2.45) is 0 Å². The number of hydrogen-bond acceptors (Lipinski definition) is 5. The lowest BCUT2D eigenvalue weighted by atomic mass is 10.2. The van der Waals surface area contributed by atoms with Crippen LogP contribution in [0.2, 0.25) is 0 Å². The highest BCUT2D eigenvalue weighted by Crippen LogP contribution is 2.20. The molecular weight excluding hydrogens is 375 g/mol. The summed E-state index contributed by atoms with van der Waals surface area (Å²) >= 11 is 0. The number of hydrogen-bond donors (Lipinski definition) is 2. The molecule has 1 amide bonds. The summed E-state index contributed by atoms with van der Waals surface area (Å²) in [6.45, 7) is 2.21. The largest absolute Gasteiger partial charge is 0.478 e. The van der Waals surface area contributed by atoms with Crippen LogP contribution in [0, 0.1) is 17.1 Å². The molecule has 0 bridgehead atoms. The molecule has 1 heterocycles. The molecule has 0 spiro atoms. The summed E-state index contributed by atoms with van der Waals surface area (Å²) in [5.74, 6) is -1.91. The Labute approximate surface area is 167 Å². The second kappa shape index (κ2) is 8.89. The zero-order chi connectivity index (χ0) is 20.8. The number of aromatic carboxylic acids is 1. The number of carbonyl (C=O) groups is 2. The molecule has 29 heavy (non-hydrogen) atoms. The monoisotopic (exact) mass is 394 g/mol. The normalized spacial score (nSPS) is 14.3. The average molecular weight is 394 g/mol. The van der Waals surface area contributed by atoms with E-state index in [2.05, 4.69) is 5.32 Å². The number of anilines is 2. The molecule has 1 fully saturated rings. The minimum atomic E-state index is -1.06. The molecule has 0 radical (unpaired) electrons. The summed E-state index contributed by atoms with van der Waals surface area (Å²) < 4.78 is 13.9. The maximum Gasteiger partial charge on any atom is 0.335 e. The number of carbonyl (C=O) groups excluding carboxylic acids is 1. The molecule has 1 saturated heterocycles. The summed E-state index contributed by atoms with van der Waals surface area (Å²) in [4.78, 5) is 27.0. The number of nitrogens with one attached hydrogen (secondary N) is 1. The van der Waals surface area contributed by atoms with Crippen molar-refractivity contribution in [3.8, 4) is 6.07 Å². The number of halogens is 1. The van der Waals surface area contributed by atoms with Gasteiger partial charge in [0.15, 0.2) is 0 Å². The number of nitriles is 1. The van der Waals surface area contributed by atoms with Gasteiger partial charge in [-0.15, -0.1) is 0 Å². The van der Waals surface area contributed by atoms with E-state index in [-0.39, 0.29) is 17.0 Å². The van der Waals surface area contributed by atoms with Crippen molar-refractivity contribution in [3.05, 3.63) is 71.7 Å². The van der Waals surface area contributed by atoms with Gasteiger partial charge in [-0.3, -0.25) is 4.79 Å². The number of carboxylic acid groups (broad SMARTS) is 1. The lowest BCUT2D eigenvalue weighted by Crippen LogP contribution is -2.44. The molecular formula is C21H19FN4O3. The van der Waals surface area contributed by atoms with Crippen molar-refractivity contribution in [3.63, 3.8) is 0 Å². The maximum absolute atomic E-state index is 13.9. The van der Waals surface area contributed by atoms with Crippen LogP contribution in [0.1, 0.15) is 10.4 Å². The summed E-state index contributed by atoms with van der Waals surface area (Å²) in [6, 6.07) is 14.1. The zero-order valence-electron chi connectivity index (χ0n) is 15.5. The van der Waals surface area contributed by atoms with Gasteiger partial charge in [0.05, 0.1) is 11.3 Å². The first-order chi connectivity index (χ1) is 14.0. The highest BCUT2D eigenvalue weighted by atomic mass is 19.1. The third-order valence-corrected chi connectivity index (χ3v) is 4.57. The van der Waals surface area contributed by atoms with E-state index in [1.165, 1.54) is 36.5 Å². The Morgan fingerprint density at radius 1 is 1.07 bits per heavy atom. The van der Waals surface area contributed by atoms with Gasteiger partial charge in [-0.2, -0.15) is 5.26 Å². The van der Waals surface area contributed by atoms with Gasteiger partial charge in [0.25, 0.3) is 5.91 Å². The Bertz CT molecular complexity index is 974. The average Bonchev–Trinajstić information content (AvgIpc) is 2.73. The Kier molecular flexibility index (Phi) is 6.09. The third kappa shape index (κ3) is 4.90. The quantitative estimate of drug-likeness (QED) is 0.598. The lowest BCUT2D eigenvalue weighted by molar-refractivity contribution is -0.112. The van der Waals surface area contributed by atoms with Crippen molar-refractivity contribution in [1.29, 1.82) is 5.26 Å². The molecule has 0 unspecified atom stereocenters. The van der Waals surface area contributed by atoms with E-state index in [0.717, 1.165) is 0 Å². The number of carboxylic acids is 1. The Morgan fingerprint density at radius 3 is 2.31 bits per heavy atom. The first-order valence-corrected chi connectivity index (χ1v) is 8.98. The van der Waals surface area contributed by atoms with Gasteiger partial charge >= 0.3 is 5.97 Å². The second-order valence-electron chi connectivity index (χ2n) is 6.47. The van der Waals surface area contributed by atoms with E-state index >= 15 is 0 Å². The van der Waals surface area contributed by atoms with Gasteiger partial charge in [0.2, 0.25) is 0 Å². The molecule has 2 aromatic carbocycles.